The van der Waals surface area contributed by atoms with Gasteiger partial charge in [0.25, 0.3) is 0 Å². The third kappa shape index (κ3) is 4.35. The molecule has 1 saturated carbocycles. The Balaban J connectivity index is 2.38. The smallest absolute Gasteiger partial charge is 0.407 e. The maximum absolute atomic E-state index is 11.5. The molecule has 1 aliphatic rings. The maximum Gasteiger partial charge on any atom is 0.407 e. The van der Waals surface area contributed by atoms with Crippen LogP contribution in [0.3, 0.4) is 0 Å². The molecule has 1 N–H and O–H groups in total. The first kappa shape index (κ1) is 12.6. The number of hydrogen-bond donors (Lipinski definition) is 1. The first-order valence-electron chi connectivity index (χ1n) is 5.48. The van der Waals surface area contributed by atoms with Crippen molar-refractivity contribution < 1.29 is 9.53 Å². The minimum absolute atomic E-state index is 0.106. The molecule has 1 unspecified atom stereocenters. The minimum Gasteiger partial charge on any atom is -0.444 e. The first-order chi connectivity index (χ1) is 7.40. The molecule has 4 nitrogen and oxygen atoms in total. The zero-order chi connectivity index (χ0) is 12.2. The standard InChI is InChI=1S/C12H18N2O2/c1-12(2,3)16-11(15)14-10-5-4-9(8-10)6-7-13/h6,10H,4-5,8H2,1-3H3,(H,14,15)/b9-6+. The highest BCUT2D eigenvalue weighted by Gasteiger charge is 2.23. The summed E-state index contributed by atoms with van der Waals surface area (Å²) in [5, 5.41) is 11.3. The third-order valence-corrected chi connectivity index (χ3v) is 2.31. The highest BCUT2D eigenvalue weighted by atomic mass is 16.6. The summed E-state index contributed by atoms with van der Waals surface area (Å²) in [7, 11) is 0. The van der Waals surface area contributed by atoms with Gasteiger partial charge in [0.05, 0.1) is 6.07 Å². The Morgan fingerprint density at radius 3 is 2.88 bits per heavy atom. The maximum atomic E-state index is 11.5. The van der Waals surface area contributed by atoms with Crippen LogP contribution < -0.4 is 5.32 Å². The summed E-state index contributed by atoms with van der Waals surface area (Å²) >= 11 is 0. The predicted molar refractivity (Wildman–Crippen MR) is 60.7 cm³/mol. The molecule has 16 heavy (non-hydrogen) atoms. The largest absolute Gasteiger partial charge is 0.444 e. The van der Waals surface area contributed by atoms with Gasteiger partial charge in [-0.05, 0) is 40.0 Å². The predicted octanol–water partition coefficient (Wildman–Crippen LogP) is 2.51. The molecule has 88 valence electrons. The molecular formula is C12H18N2O2. The fourth-order valence-corrected chi connectivity index (χ4v) is 1.70. The van der Waals surface area contributed by atoms with Gasteiger partial charge in [-0.15, -0.1) is 0 Å². The number of nitrogens with zero attached hydrogens (tertiary/aromatic N) is 1. The zero-order valence-electron chi connectivity index (χ0n) is 10.0. The van der Waals surface area contributed by atoms with E-state index in [4.69, 9.17) is 10.00 Å². The van der Waals surface area contributed by atoms with Crippen molar-refractivity contribution in [3.63, 3.8) is 0 Å². The van der Waals surface area contributed by atoms with E-state index in [0.29, 0.717) is 0 Å². The Bertz CT molecular complexity index is 334. The Labute approximate surface area is 96.3 Å². The van der Waals surface area contributed by atoms with E-state index in [-0.39, 0.29) is 12.1 Å². The molecule has 1 amide bonds. The number of carbonyl (C=O) groups excluding carboxylic acids is 1. The van der Waals surface area contributed by atoms with Crippen LogP contribution in [0.2, 0.25) is 0 Å². The van der Waals surface area contributed by atoms with Gasteiger partial charge in [0.1, 0.15) is 5.60 Å². The van der Waals surface area contributed by atoms with E-state index in [2.05, 4.69) is 5.32 Å². The van der Waals surface area contributed by atoms with Crippen LogP contribution in [0.15, 0.2) is 11.6 Å². The Morgan fingerprint density at radius 2 is 2.31 bits per heavy atom. The summed E-state index contributed by atoms with van der Waals surface area (Å²) in [4.78, 5) is 11.5. The molecular weight excluding hydrogens is 204 g/mol. The van der Waals surface area contributed by atoms with Gasteiger partial charge >= 0.3 is 6.09 Å². The van der Waals surface area contributed by atoms with Crippen LogP contribution in [0.5, 0.6) is 0 Å². The van der Waals surface area contributed by atoms with Gasteiger partial charge in [0.15, 0.2) is 0 Å². The highest BCUT2D eigenvalue weighted by Crippen LogP contribution is 2.24. The summed E-state index contributed by atoms with van der Waals surface area (Å²) < 4.78 is 5.16. The summed E-state index contributed by atoms with van der Waals surface area (Å²) in [5.41, 5.74) is 0.636. The van der Waals surface area contributed by atoms with E-state index in [9.17, 15) is 4.79 Å². The van der Waals surface area contributed by atoms with Gasteiger partial charge in [-0.1, -0.05) is 5.57 Å². The van der Waals surface area contributed by atoms with Gasteiger partial charge in [-0.3, -0.25) is 0 Å². The topological polar surface area (TPSA) is 62.1 Å². The van der Waals surface area contributed by atoms with Crippen molar-refractivity contribution in [2.75, 3.05) is 0 Å². The quantitative estimate of drug-likeness (QED) is 0.693. The molecule has 0 saturated heterocycles. The molecule has 1 atom stereocenters. The molecule has 1 rings (SSSR count). The Kier molecular flexibility index (Phi) is 3.94. The second-order valence-corrected chi connectivity index (χ2v) is 5.02. The fourth-order valence-electron chi connectivity index (χ4n) is 1.70. The number of rotatable bonds is 1. The molecule has 0 spiro atoms. The van der Waals surface area contributed by atoms with E-state index >= 15 is 0 Å². The molecule has 0 radical (unpaired) electrons. The number of nitrogens with one attached hydrogen (secondary N) is 1. The summed E-state index contributed by atoms with van der Waals surface area (Å²) in [6, 6.07) is 2.12. The van der Waals surface area contributed by atoms with E-state index in [1.54, 1.807) is 6.08 Å². The molecule has 0 bridgehead atoms. The number of nitriles is 1. The molecule has 0 aromatic rings. The lowest BCUT2D eigenvalue weighted by atomic mass is 10.2. The van der Waals surface area contributed by atoms with Crippen molar-refractivity contribution in [3.05, 3.63) is 11.6 Å². The van der Waals surface area contributed by atoms with Crippen LogP contribution in [0.4, 0.5) is 4.79 Å². The highest BCUT2D eigenvalue weighted by molar-refractivity contribution is 5.68. The Hall–Kier alpha value is -1.50. The first-order valence-corrected chi connectivity index (χ1v) is 5.48. The van der Waals surface area contributed by atoms with Gasteiger partial charge in [-0.2, -0.15) is 5.26 Å². The zero-order valence-corrected chi connectivity index (χ0v) is 10.0. The number of ether oxygens (including phenoxy) is 1. The Morgan fingerprint density at radius 1 is 1.62 bits per heavy atom. The van der Waals surface area contributed by atoms with Gasteiger partial charge in [0, 0.05) is 12.1 Å². The van der Waals surface area contributed by atoms with Crippen molar-refractivity contribution in [1.82, 2.24) is 5.32 Å². The summed E-state index contributed by atoms with van der Waals surface area (Å²) in [6.45, 7) is 5.51. The second-order valence-electron chi connectivity index (χ2n) is 5.02. The summed E-state index contributed by atoms with van der Waals surface area (Å²) in [5.74, 6) is 0. The van der Waals surface area contributed by atoms with E-state index in [0.717, 1.165) is 24.8 Å². The van der Waals surface area contributed by atoms with Crippen LogP contribution in [-0.2, 0) is 4.74 Å². The minimum atomic E-state index is -0.464. The van der Waals surface area contributed by atoms with Crippen molar-refractivity contribution in [1.29, 1.82) is 5.26 Å². The van der Waals surface area contributed by atoms with Crippen LogP contribution in [-0.4, -0.2) is 17.7 Å². The van der Waals surface area contributed by atoms with Crippen LogP contribution in [0.1, 0.15) is 40.0 Å². The lowest BCUT2D eigenvalue weighted by Crippen LogP contribution is -2.37. The SMILES string of the molecule is CC(C)(C)OC(=O)NC1CC/C(=C\C#N)C1. The number of alkyl carbamates (subject to hydrolysis) is 1. The van der Waals surface area contributed by atoms with Gasteiger partial charge in [-0.25, -0.2) is 4.79 Å². The van der Waals surface area contributed by atoms with Gasteiger partial charge in [0.2, 0.25) is 0 Å². The summed E-state index contributed by atoms with van der Waals surface area (Å²) in [6.07, 6.45) is 3.71. The van der Waals surface area contributed by atoms with Crippen LogP contribution in [0.25, 0.3) is 0 Å². The van der Waals surface area contributed by atoms with Crippen molar-refractivity contribution in [3.8, 4) is 6.07 Å². The molecule has 0 aromatic carbocycles. The van der Waals surface area contributed by atoms with Crippen LogP contribution in [0, 0.1) is 11.3 Å². The molecule has 4 heteroatoms. The van der Waals surface area contributed by atoms with Crippen molar-refractivity contribution in [2.24, 2.45) is 0 Å². The number of amides is 1. The van der Waals surface area contributed by atoms with E-state index in [1.165, 1.54) is 0 Å². The number of carbonyl (C=O) groups is 1. The van der Waals surface area contributed by atoms with E-state index < -0.39 is 5.60 Å². The number of hydrogen-bond acceptors (Lipinski definition) is 3. The average Bonchev–Trinajstić information content (AvgIpc) is 2.49. The fraction of sp³-hybridized carbons (Fsp3) is 0.667. The monoisotopic (exact) mass is 222 g/mol. The van der Waals surface area contributed by atoms with Crippen LogP contribution >= 0.6 is 0 Å². The number of allylic oxidation sites excluding steroid dienone is 1. The lowest BCUT2D eigenvalue weighted by molar-refractivity contribution is 0.0506. The normalized spacial score (nSPS) is 22.9. The molecule has 1 fully saturated rings. The molecule has 1 aliphatic carbocycles. The van der Waals surface area contributed by atoms with Crippen molar-refractivity contribution in [2.45, 2.75) is 51.7 Å². The third-order valence-electron chi connectivity index (χ3n) is 2.31. The second kappa shape index (κ2) is 5.02. The molecule has 0 aromatic heterocycles. The van der Waals surface area contributed by atoms with Gasteiger partial charge < -0.3 is 10.1 Å². The average molecular weight is 222 g/mol. The van der Waals surface area contributed by atoms with Crippen molar-refractivity contribution >= 4 is 6.09 Å². The molecule has 0 heterocycles. The molecule has 0 aliphatic heterocycles. The lowest BCUT2D eigenvalue weighted by Gasteiger charge is -2.21. The van der Waals surface area contributed by atoms with E-state index in [1.807, 2.05) is 26.8 Å².